The number of aliphatic hydroxyl groups excluding tert-OH is 1. The Balaban J connectivity index is 2.59. The van der Waals surface area contributed by atoms with E-state index in [1.54, 1.807) is 0 Å². The lowest BCUT2D eigenvalue weighted by Gasteiger charge is -2.33. The summed E-state index contributed by atoms with van der Waals surface area (Å²) in [5, 5.41) is 9.96. The molecule has 0 radical (unpaired) electrons. The van der Waals surface area contributed by atoms with E-state index in [4.69, 9.17) is 6.42 Å². The molecule has 0 aromatic heterocycles. The van der Waals surface area contributed by atoms with Gasteiger partial charge in [-0.25, -0.2) is 0 Å². The number of rotatable bonds is 5. The van der Waals surface area contributed by atoms with Crippen LogP contribution in [0.2, 0.25) is 0 Å². The van der Waals surface area contributed by atoms with E-state index in [1.807, 2.05) is 66.7 Å². The molecule has 0 bridgehead atoms. The highest BCUT2D eigenvalue weighted by Crippen LogP contribution is 2.37. The third-order valence-corrected chi connectivity index (χ3v) is 3.63. The number of benzene rings is 2. The van der Waals surface area contributed by atoms with Crippen molar-refractivity contribution in [3.63, 3.8) is 0 Å². The normalized spacial score (nSPS) is 12.4. The van der Waals surface area contributed by atoms with Crippen LogP contribution in [-0.4, -0.2) is 11.2 Å². The van der Waals surface area contributed by atoms with Crippen LogP contribution in [0, 0.1) is 12.3 Å². The Morgan fingerprint density at radius 2 is 1.50 bits per heavy atom. The van der Waals surface area contributed by atoms with Crippen molar-refractivity contribution >= 4 is 0 Å². The van der Waals surface area contributed by atoms with E-state index in [2.05, 4.69) is 12.5 Å². The van der Waals surface area contributed by atoms with Gasteiger partial charge in [-0.05, 0) is 11.1 Å². The van der Waals surface area contributed by atoms with Crippen molar-refractivity contribution in [3.8, 4) is 12.3 Å². The summed E-state index contributed by atoms with van der Waals surface area (Å²) in [6.07, 6.45) is 6.84. The van der Waals surface area contributed by atoms with Crippen LogP contribution in [0.15, 0.2) is 73.3 Å². The van der Waals surface area contributed by atoms with E-state index in [9.17, 15) is 5.11 Å². The number of aliphatic hydroxyl groups is 1. The minimum absolute atomic E-state index is 0.418. The fourth-order valence-electron chi connectivity index (χ4n) is 2.56. The van der Waals surface area contributed by atoms with Gasteiger partial charge in [-0.3, -0.25) is 0 Å². The SMILES string of the molecule is C#CC(O)CC(C=C)(c1ccccc1)c1ccccc1. The smallest absolute Gasteiger partial charge is 0.115 e. The highest BCUT2D eigenvalue weighted by atomic mass is 16.3. The minimum atomic E-state index is -0.812. The molecular weight excluding hydrogens is 244 g/mol. The van der Waals surface area contributed by atoms with Crippen LogP contribution in [0.1, 0.15) is 17.5 Å². The van der Waals surface area contributed by atoms with Crippen LogP contribution >= 0.6 is 0 Å². The molecular formula is C19H18O. The molecule has 0 aliphatic rings. The Bertz CT molecular complexity index is 553. The van der Waals surface area contributed by atoms with Gasteiger partial charge in [0, 0.05) is 11.8 Å². The second-order valence-corrected chi connectivity index (χ2v) is 4.79. The molecule has 0 amide bonds. The second-order valence-electron chi connectivity index (χ2n) is 4.79. The molecule has 1 heteroatoms. The van der Waals surface area contributed by atoms with Crippen molar-refractivity contribution in [3.05, 3.63) is 84.4 Å². The first-order valence-electron chi connectivity index (χ1n) is 6.62. The summed E-state index contributed by atoms with van der Waals surface area (Å²) < 4.78 is 0. The molecule has 2 aromatic carbocycles. The molecule has 0 aliphatic heterocycles. The lowest BCUT2D eigenvalue weighted by molar-refractivity contribution is 0.203. The summed E-state index contributed by atoms with van der Waals surface area (Å²) in [7, 11) is 0. The first-order valence-corrected chi connectivity index (χ1v) is 6.62. The highest BCUT2D eigenvalue weighted by Gasteiger charge is 2.32. The average Bonchev–Trinajstić information content (AvgIpc) is 2.54. The Morgan fingerprint density at radius 3 is 1.85 bits per heavy atom. The largest absolute Gasteiger partial charge is 0.380 e. The molecule has 0 heterocycles. The maximum atomic E-state index is 9.96. The van der Waals surface area contributed by atoms with E-state index in [0.717, 1.165) is 11.1 Å². The summed E-state index contributed by atoms with van der Waals surface area (Å²) in [5.74, 6) is 2.40. The molecule has 1 nitrogen and oxygen atoms in total. The molecule has 20 heavy (non-hydrogen) atoms. The van der Waals surface area contributed by atoms with Crippen LogP contribution < -0.4 is 0 Å². The van der Waals surface area contributed by atoms with Crippen molar-refractivity contribution in [2.75, 3.05) is 0 Å². The highest BCUT2D eigenvalue weighted by molar-refractivity contribution is 5.44. The third kappa shape index (κ3) is 2.66. The van der Waals surface area contributed by atoms with Crippen LogP contribution in [-0.2, 0) is 5.41 Å². The van der Waals surface area contributed by atoms with Crippen LogP contribution in [0.3, 0.4) is 0 Å². The quantitative estimate of drug-likeness (QED) is 0.645. The lowest BCUT2D eigenvalue weighted by atomic mass is 9.71. The van der Waals surface area contributed by atoms with E-state index in [1.165, 1.54) is 0 Å². The molecule has 0 saturated heterocycles. The van der Waals surface area contributed by atoms with Crippen molar-refractivity contribution in [1.29, 1.82) is 0 Å². The fourth-order valence-corrected chi connectivity index (χ4v) is 2.56. The van der Waals surface area contributed by atoms with Gasteiger partial charge in [-0.15, -0.1) is 13.0 Å². The summed E-state index contributed by atoms with van der Waals surface area (Å²) in [5.41, 5.74) is 1.68. The molecule has 0 spiro atoms. The molecule has 2 aromatic rings. The van der Waals surface area contributed by atoms with Gasteiger partial charge in [0.15, 0.2) is 0 Å². The predicted octanol–water partition coefficient (Wildman–Crippen LogP) is 3.54. The molecule has 0 aliphatic carbocycles. The molecule has 1 N–H and O–H groups in total. The summed E-state index contributed by atoms with van der Waals surface area (Å²) in [6.45, 7) is 3.99. The zero-order valence-electron chi connectivity index (χ0n) is 11.4. The van der Waals surface area contributed by atoms with E-state index >= 15 is 0 Å². The fraction of sp³-hybridized carbons (Fsp3) is 0.158. The topological polar surface area (TPSA) is 20.2 Å². The van der Waals surface area contributed by atoms with Crippen LogP contribution in [0.5, 0.6) is 0 Å². The number of hydrogen-bond acceptors (Lipinski definition) is 1. The summed E-state index contributed by atoms with van der Waals surface area (Å²) in [4.78, 5) is 0. The summed E-state index contributed by atoms with van der Waals surface area (Å²) in [6, 6.07) is 20.0. The maximum Gasteiger partial charge on any atom is 0.115 e. The Kier molecular flexibility index (Phi) is 4.40. The first kappa shape index (κ1) is 14.1. The van der Waals surface area contributed by atoms with Gasteiger partial charge in [0.1, 0.15) is 6.10 Å². The molecule has 2 rings (SSSR count). The van der Waals surface area contributed by atoms with Crippen molar-refractivity contribution < 1.29 is 5.11 Å². The maximum absolute atomic E-state index is 9.96. The van der Waals surface area contributed by atoms with E-state index in [0.29, 0.717) is 6.42 Å². The average molecular weight is 262 g/mol. The number of allylic oxidation sites excluding steroid dienone is 1. The van der Waals surface area contributed by atoms with Crippen molar-refractivity contribution in [1.82, 2.24) is 0 Å². The van der Waals surface area contributed by atoms with Gasteiger partial charge in [0.25, 0.3) is 0 Å². The summed E-state index contributed by atoms with van der Waals surface area (Å²) >= 11 is 0. The van der Waals surface area contributed by atoms with Gasteiger partial charge >= 0.3 is 0 Å². The van der Waals surface area contributed by atoms with Crippen LogP contribution in [0.4, 0.5) is 0 Å². The van der Waals surface area contributed by atoms with E-state index in [-0.39, 0.29) is 0 Å². The van der Waals surface area contributed by atoms with Gasteiger partial charge in [0.2, 0.25) is 0 Å². The van der Waals surface area contributed by atoms with Crippen molar-refractivity contribution in [2.24, 2.45) is 0 Å². The molecule has 1 unspecified atom stereocenters. The first-order chi connectivity index (χ1) is 9.73. The zero-order valence-corrected chi connectivity index (χ0v) is 11.4. The Hall–Kier alpha value is -2.30. The molecule has 0 saturated carbocycles. The molecule has 100 valence electrons. The zero-order chi connectivity index (χ0) is 14.4. The molecule has 1 atom stereocenters. The van der Waals surface area contributed by atoms with E-state index < -0.39 is 11.5 Å². The number of hydrogen-bond donors (Lipinski definition) is 1. The second kappa shape index (κ2) is 6.23. The van der Waals surface area contributed by atoms with Gasteiger partial charge < -0.3 is 5.11 Å². The standard InChI is InChI=1S/C19H18O/c1-3-18(20)15-19(4-2,16-11-7-5-8-12-16)17-13-9-6-10-14-17/h1,4-14,18,20H,2,15H2. The van der Waals surface area contributed by atoms with Gasteiger partial charge in [0.05, 0.1) is 0 Å². The van der Waals surface area contributed by atoms with Gasteiger partial charge in [-0.1, -0.05) is 72.7 Å². The third-order valence-electron chi connectivity index (χ3n) is 3.63. The minimum Gasteiger partial charge on any atom is -0.380 e. The Morgan fingerprint density at radius 1 is 1.05 bits per heavy atom. The molecule has 0 fully saturated rings. The lowest BCUT2D eigenvalue weighted by Crippen LogP contribution is -2.30. The van der Waals surface area contributed by atoms with Gasteiger partial charge in [-0.2, -0.15) is 0 Å². The number of terminal acetylenes is 1. The van der Waals surface area contributed by atoms with Crippen LogP contribution in [0.25, 0.3) is 0 Å². The Labute approximate surface area is 120 Å². The predicted molar refractivity (Wildman–Crippen MR) is 83.3 cm³/mol. The monoisotopic (exact) mass is 262 g/mol. The van der Waals surface area contributed by atoms with Crippen molar-refractivity contribution in [2.45, 2.75) is 17.9 Å².